The zero-order valence-electron chi connectivity index (χ0n) is 13.6. The smallest absolute Gasteiger partial charge is 0.244 e. The second-order valence-electron chi connectivity index (χ2n) is 6.44. The van der Waals surface area contributed by atoms with Crippen LogP contribution in [0.3, 0.4) is 0 Å². The number of carbonyl (C=O) groups excluding carboxylic acids is 1. The van der Waals surface area contributed by atoms with Gasteiger partial charge in [0.1, 0.15) is 0 Å². The fourth-order valence-corrected chi connectivity index (χ4v) is 3.62. The van der Waals surface area contributed by atoms with Gasteiger partial charge in [-0.1, -0.05) is 23.4 Å². The third kappa shape index (κ3) is 2.70. The summed E-state index contributed by atoms with van der Waals surface area (Å²) < 4.78 is 5.25. The molecule has 2 atom stereocenters. The van der Waals surface area contributed by atoms with E-state index in [1.807, 2.05) is 28.0 Å². The van der Waals surface area contributed by atoms with Gasteiger partial charge in [0.15, 0.2) is 5.82 Å². The van der Waals surface area contributed by atoms with Gasteiger partial charge in [-0.3, -0.25) is 9.69 Å². The van der Waals surface area contributed by atoms with Gasteiger partial charge in [-0.15, -0.1) is 0 Å². The maximum absolute atomic E-state index is 12.8. The number of carbonyl (C=O) groups is 1. The highest BCUT2D eigenvalue weighted by Gasteiger charge is 2.38. The number of rotatable bonds is 3. The van der Waals surface area contributed by atoms with Crippen molar-refractivity contribution in [3.05, 3.63) is 41.5 Å². The minimum Gasteiger partial charge on any atom is -0.392 e. The number of hydrogen-bond donors (Lipinski definition) is 1. The Morgan fingerprint density at radius 3 is 3.04 bits per heavy atom. The van der Waals surface area contributed by atoms with Crippen molar-refractivity contribution in [3.63, 3.8) is 0 Å². The minimum absolute atomic E-state index is 0.0373. The molecule has 24 heavy (non-hydrogen) atoms. The number of aryl methyl sites for hydroxylation is 1. The van der Waals surface area contributed by atoms with Crippen LogP contribution in [0.25, 0.3) is 0 Å². The van der Waals surface area contributed by atoms with Crippen molar-refractivity contribution in [2.45, 2.75) is 31.9 Å². The van der Waals surface area contributed by atoms with Crippen LogP contribution in [0.2, 0.25) is 0 Å². The Bertz CT molecular complexity index is 760. The van der Waals surface area contributed by atoms with Crippen molar-refractivity contribution < 1.29 is 14.4 Å². The van der Waals surface area contributed by atoms with E-state index in [2.05, 4.69) is 16.2 Å². The molecule has 0 saturated carbocycles. The third-order valence-corrected chi connectivity index (χ3v) is 4.74. The molecule has 0 aliphatic carbocycles. The second kappa shape index (κ2) is 5.99. The van der Waals surface area contributed by atoms with Crippen LogP contribution in [-0.4, -0.2) is 51.8 Å². The number of β-amino-alcohol motifs (C(OH)–C–C–N with tert-alkyl or cyclic N) is 1. The number of para-hydroxylation sites is 1. The molecule has 2 aromatic rings. The summed E-state index contributed by atoms with van der Waals surface area (Å²) in [5.74, 6) is 1.07. The lowest BCUT2D eigenvalue weighted by Gasteiger charge is -2.24. The Labute approximate surface area is 139 Å². The first-order valence-corrected chi connectivity index (χ1v) is 8.22. The van der Waals surface area contributed by atoms with Crippen molar-refractivity contribution in [1.82, 2.24) is 15.0 Å². The van der Waals surface area contributed by atoms with Crippen LogP contribution < -0.4 is 4.90 Å². The van der Waals surface area contributed by atoms with E-state index in [4.69, 9.17) is 4.52 Å². The van der Waals surface area contributed by atoms with E-state index in [-0.39, 0.29) is 18.5 Å². The first-order chi connectivity index (χ1) is 11.6. The van der Waals surface area contributed by atoms with Gasteiger partial charge in [-0.2, -0.15) is 4.98 Å². The van der Waals surface area contributed by atoms with E-state index >= 15 is 0 Å². The SMILES string of the molecule is Cc1noc([C@H]2C[C@@H](O)CN2CC(=O)N2CCc3ccccc32)n1. The molecule has 1 N–H and O–H groups in total. The maximum atomic E-state index is 12.8. The molecule has 4 rings (SSSR count). The maximum Gasteiger partial charge on any atom is 0.244 e. The number of aliphatic hydroxyl groups excluding tert-OH is 1. The standard InChI is InChI=1S/C17H20N4O3/c1-11-18-17(24-19-11)15-8-13(22)9-20(15)10-16(23)21-7-6-12-4-2-3-5-14(12)21/h2-5,13,15,22H,6-10H2,1H3/t13-,15-/m1/s1. The summed E-state index contributed by atoms with van der Waals surface area (Å²) in [5, 5.41) is 13.8. The molecule has 1 amide bonds. The van der Waals surface area contributed by atoms with E-state index in [0.29, 0.717) is 31.2 Å². The summed E-state index contributed by atoms with van der Waals surface area (Å²) in [6.45, 7) is 3.14. The van der Waals surface area contributed by atoms with Gasteiger partial charge in [0.2, 0.25) is 11.8 Å². The Morgan fingerprint density at radius 1 is 1.42 bits per heavy atom. The number of hydrogen-bond acceptors (Lipinski definition) is 6. The average molecular weight is 328 g/mol. The predicted molar refractivity (Wildman–Crippen MR) is 86.5 cm³/mol. The zero-order valence-corrected chi connectivity index (χ0v) is 13.6. The average Bonchev–Trinajstić information content (AvgIpc) is 3.25. The summed E-state index contributed by atoms with van der Waals surface area (Å²) in [6, 6.07) is 7.79. The quantitative estimate of drug-likeness (QED) is 0.908. The lowest BCUT2D eigenvalue weighted by molar-refractivity contribution is -0.120. The van der Waals surface area contributed by atoms with Crippen molar-refractivity contribution >= 4 is 11.6 Å². The molecule has 1 aromatic heterocycles. The summed E-state index contributed by atoms with van der Waals surface area (Å²) >= 11 is 0. The number of benzene rings is 1. The molecule has 1 aromatic carbocycles. The van der Waals surface area contributed by atoms with Crippen LogP contribution in [0.15, 0.2) is 28.8 Å². The highest BCUT2D eigenvalue weighted by atomic mass is 16.5. The van der Waals surface area contributed by atoms with E-state index in [1.54, 1.807) is 6.92 Å². The zero-order chi connectivity index (χ0) is 16.7. The summed E-state index contributed by atoms with van der Waals surface area (Å²) in [4.78, 5) is 20.8. The van der Waals surface area contributed by atoms with E-state index in [1.165, 1.54) is 5.56 Å². The first-order valence-electron chi connectivity index (χ1n) is 8.22. The molecule has 1 fully saturated rings. The van der Waals surface area contributed by atoms with Gasteiger partial charge in [0.05, 0.1) is 18.7 Å². The normalized spacial score (nSPS) is 23.7. The lowest BCUT2D eigenvalue weighted by atomic mass is 10.2. The minimum atomic E-state index is -0.485. The molecule has 2 aliphatic heterocycles. The van der Waals surface area contributed by atoms with Crippen LogP contribution in [0, 0.1) is 6.92 Å². The number of fused-ring (bicyclic) bond motifs is 1. The van der Waals surface area contributed by atoms with E-state index in [0.717, 1.165) is 12.1 Å². The lowest BCUT2D eigenvalue weighted by Crippen LogP contribution is -2.40. The molecular weight excluding hydrogens is 308 g/mol. The van der Waals surface area contributed by atoms with Crippen LogP contribution in [-0.2, 0) is 11.2 Å². The van der Waals surface area contributed by atoms with Gasteiger partial charge < -0.3 is 14.5 Å². The van der Waals surface area contributed by atoms with Gasteiger partial charge in [0.25, 0.3) is 0 Å². The largest absolute Gasteiger partial charge is 0.392 e. The van der Waals surface area contributed by atoms with Crippen LogP contribution in [0.1, 0.15) is 29.7 Å². The number of aliphatic hydroxyl groups is 1. The molecule has 0 unspecified atom stereocenters. The second-order valence-corrected chi connectivity index (χ2v) is 6.44. The van der Waals surface area contributed by atoms with E-state index < -0.39 is 6.10 Å². The van der Waals surface area contributed by atoms with Crippen molar-refractivity contribution in [2.75, 3.05) is 24.5 Å². The van der Waals surface area contributed by atoms with Gasteiger partial charge in [0, 0.05) is 18.8 Å². The van der Waals surface area contributed by atoms with E-state index in [9.17, 15) is 9.90 Å². The molecule has 3 heterocycles. The number of nitrogens with zero attached hydrogens (tertiary/aromatic N) is 4. The molecule has 0 radical (unpaired) electrons. The van der Waals surface area contributed by atoms with Crippen molar-refractivity contribution in [2.24, 2.45) is 0 Å². The summed E-state index contributed by atoms with van der Waals surface area (Å²) in [5.41, 5.74) is 2.20. The molecule has 0 bridgehead atoms. The molecular formula is C17H20N4O3. The fourth-order valence-electron chi connectivity index (χ4n) is 3.62. The highest BCUT2D eigenvalue weighted by molar-refractivity contribution is 5.96. The Morgan fingerprint density at radius 2 is 2.25 bits per heavy atom. The third-order valence-electron chi connectivity index (χ3n) is 4.74. The van der Waals surface area contributed by atoms with Gasteiger partial charge in [-0.25, -0.2) is 0 Å². The Hall–Kier alpha value is -2.25. The van der Waals surface area contributed by atoms with Gasteiger partial charge in [-0.05, 0) is 31.4 Å². The Balaban J connectivity index is 1.51. The Kier molecular flexibility index (Phi) is 3.82. The number of anilines is 1. The monoisotopic (exact) mass is 328 g/mol. The molecule has 126 valence electrons. The summed E-state index contributed by atoms with van der Waals surface area (Å²) in [7, 11) is 0. The summed E-state index contributed by atoms with van der Waals surface area (Å²) in [6.07, 6.45) is 0.906. The molecule has 7 heteroatoms. The molecule has 0 spiro atoms. The molecule has 7 nitrogen and oxygen atoms in total. The number of amides is 1. The first kappa shape index (κ1) is 15.3. The fraction of sp³-hybridized carbons (Fsp3) is 0.471. The van der Waals surface area contributed by atoms with Crippen molar-refractivity contribution in [1.29, 1.82) is 0 Å². The van der Waals surface area contributed by atoms with Crippen LogP contribution in [0.5, 0.6) is 0 Å². The van der Waals surface area contributed by atoms with Crippen LogP contribution >= 0.6 is 0 Å². The molecule has 2 aliphatic rings. The van der Waals surface area contributed by atoms with Gasteiger partial charge >= 0.3 is 0 Å². The highest BCUT2D eigenvalue weighted by Crippen LogP contribution is 2.32. The predicted octanol–water partition coefficient (Wildman–Crippen LogP) is 1.08. The van der Waals surface area contributed by atoms with Crippen LogP contribution in [0.4, 0.5) is 5.69 Å². The van der Waals surface area contributed by atoms with Crippen molar-refractivity contribution in [3.8, 4) is 0 Å². The molecule has 1 saturated heterocycles. The number of aromatic nitrogens is 2. The number of likely N-dealkylation sites (tertiary alicyclic amines) is 1. The topological polar surface area (TPSA) is 82.7 Å².